The molecule has 1 N–H and O–H groups in total. The lowest BCUT2D eigenvalue weighted by molar-refractivity contribution is -0.137. The van der Waals surface area contributed by atoms with E-state index in [9.17, 15) is 18.0 Å². The number of hydrogen-bond acceptors (Lipinski definition) is 5. The van der Waals surface area contributed by atoms with Crippen molar-refractivity contribution in [2.45, 2.75) is 30.5 Å². The van der Waals surface area contributed by atoms with Crippen LogP contribution in [0.5, 0.6) is 0 Å². The van der Waals surface area contributed by atoms with Gasteiger partial charge in [0.2, 0.25) is 5.91 Å². The van der Waals surface area contributed by atoms with E-state index in [1.54, 1.807) is 11.3 Å². The van der Waals surface area contributed by atoms with Crippen molar-refractivity contribution in [1.29, 1.82) is 0 Å². The number of nitrogens with one attached hydrogen (secondary N) is 1. The first-order valence-electron chi connectivity index (χ1n) is 8.27. The highest BCUT2D eigenvalue weighted by Crippen LogP contribution is 2.40. The zero-order valence-corrected chi connectivity index (χ0v) is 15.6. The SMILES string of the molecule is O=C(CSc1ncnc2sc3c(c12)CCC3)Nc1ccccc1C(F)(F)F. The fourth-order valence-corrected chi connectivity index (χ4v) is 5.29. The van der Waals surface area contributed by atoms with Crippen LogP contribution in [0.3, 0.4) is 0 Å². The molecule has 1 aliphatic carbocycles. The lowest BCUT2D eigenvalue weighted by Gasteiger charge is -2.13. The van der Waals surface area contributed by atoms with Crippen LogP contribution in [0.4, 0.5) is 18.9 Å². The van der Waals surface area contributed by atoms with E-state index in [1.165, 1.54) is 46.7 Å². The number of benzene rings is 1. The van der Waals surface area contributed by atoms with Gasteiger partial charge in [-0.05, 0) is 37.0 Å². The van der Waals surface area contributed by atoms with E-state index in [0.29, 0.717) is 5.03 Å². The molecule has 1 aromatic carbocycles. The third-order valence-electron chi connectivity index (χ3n) is 4.31. The number of thiophene rings is 1. The Kier molecular flexibility index (Phi) is 4.81. The van der Waals surface area contributed by atoms with E-state index in [0.717, 1.165) is 35.5 Å². The largest absolute Gasteiger partial charge is 0.418 e. The number of aryl methyl sites for hydroxylation is 2. The van der Waals surface area contributed by atoms with E-state index < -0.39 is 17.6 Å². The molecule has 4 nitrogen and oxygen atoms in total. The second-order valence-corrected chi connectivity index (χ2v) is 8.14. The molecule has 1 amide bonds. The highest BCUT2D eigenvalue weighted by atomic mass is 32.2. The number of amides is 1. The lowest BCUT2D eigenvalue weighted by atomic mass is 10.1. The van der Waals surface area contributed by atoms with E-state index >= 15 is 0 Å². The lowest BCUT2D eigenvalue weighted by Crippen LogP contribution is -2.18. The Morgan fingerprint density at radius 3 is 2.85 bits per heavy atom. The first-order valence-corrected chi connectivity index (χ1v) is 10.1. The average Bonchev–Trinajstić information content (AvgIpc) is 3.20. The molecule has 0 radical (unpaired) electrons. The van der Waals surface area contributed by atoms with Crippen LogP contribution in [0.15, 0.2) is 35.6 Å². The van der Waals surface area contributed by atoms with Crippen LogP contribution in [0, 0.1) is 0 Å². The van der Waals surface area contributed by atoms with Crippen molar-refractivity contribution in [2.24, 2.45) is 0 Å². The van der Waals surface area contributed by atoms with Gasteiger partial charge in [-0.3, -0.25) is 4.79 Å². The fourth-order valence-electron chi connectivity index (χ4n) is 3.17. The van der Waals surface area contributed by atoms with Crippen molar-refractivity contribution in [3.8, 4) is 0 Å². The van der Waals surface area contributed by atoms with Crippen molar-refractivity contribution in [3.63, 3.8) is 0 Å². The molecule has 3 aromatic rings. The maximum absolute atomic E-state index is 13.0. The van der Waals surface area contributed by atoms with Gasteiger partial charge in [0, 0.05) is 10.3 Å². The Morgan fingerprint density at radius 2 is 2.04 bits per heavy atom. The van der Waals surface area contributed by atoms with Crippen LogP contribution in [0.1, 0.15) is 22.4 Å². The van der Waals surface area contributed by atoms with Crippen LogP contribution < -0.4 is 5.32 Å². The van der Waals surface area contributed by atoms with Gasteiger partial charge in [0.1, 0.15) is 16.2 Å². The number of fused-ring (bicyclic) bond motifs is 3. The molecule has 0 atom stereocenters. The predicted molar refractivity (Wildman–Crippen MR) is 100 cm³/mol. The number of aromatic nitrogens is 2. The molecule has 27 heavy (non-hydrogen) atoms. The van der Waals surface area contributed by atoms with E-state index in [2.05, 4.69) is 15.3 Å². The third-order valence-corrected chi connectivity index (χ3v) is 6.50. The van der Waals surface area contributed by atoms with Gasteiger partial charge in [0.05, 0.1) is 17.0 Å². The number of rotatable bonds is 4. The summed E-state index contributed by atoms with van der Waals surface area (Å²) in [7, 11) is 0. The summed E-state index contributed by atoms with van der Waals surface area (Å²) >= 11 is 2.88. The molecule has 9 heteroatoms. The first kappa shape index (κ1) is 18.2. The van der Waals surface area contributed by atoms with Gasteiger partial charge in [-0.15, -0.1) is 11.3 Å². The standard InChI is InChI=1S/C18H14F3N3OS2/c19-18(20,21)11-5-1-2-6-12(11)24-14(25)8-26-16-15-10-4-3-7-13(10)27-17(15)23-9-22-16/h1-2,5-6,9H,3-4,7-8H2,(H,24,25). The number of halogens is 3. The minimum Gasteiger partial charge on any atom is -0.325 e. The number of alkyl halides is 3. The summed E-state index contributed by atoms with van der Waals surface area (Å²) in [5.41, 5.74) is 0.157. The fraction of sp³-hybridized carbons (Fsp3) is 0.278. The van der Waals surface area contributed by atoms with Gasteiger partial charge in [0.15, 0.2) is 0 Å². The monoisotopic (exact) mass is 409 g/mol. The predicted octanol–water partition coefficient (Wildman–Crippen LogP) is 4.93. The van der Waals surface area contributed by atoms with Crippen LogP contribution in [0.2, 0.25) is 0 Å². The number of carbonyl (C=O) groups excluding carboxylic acids is 1. The van der Waals surface area contributed by atoms with Gasteiger partial charge in [0.25, 0.3) is 0 Å². The topological polar surface area (TPSA) is 54.9 Å². The summed E-state index contributed by atoms with van der Waals surface area (Å²) in [4.78, 5) is 23.0. The number of nitrogens with zero attached hydrogens (tertiary/aromatic N) is 2. The molecular weight excluding hydrogens is 395 g/mol. The Morgan fingerprint density at radius 1 is 1.22 bits per heavy atom. The molecule has 4 rings (SSSR count). The van der Waals surface area contributed by atoms with Crippen molar-refractivity contribution >= 4 is 44.9 Å². The molecule has 1 aliphatic rings. The molecule has 0 fully saturated rings. The van der Waals surface area contributed by atoms with Gasteiger partial charge in [-0.2, -0.15) is 13.2 Å². The van der Waals surface area contributed by atoms with Crippen molar-refractivity contribution in [2.75, 3.05) is 11.1 Å². The Labute approximate surface area is 161 Å². The molecule has 0 saturated heterocycles. The summed E-state index contributed by atoms with van der Waals surface area (Å²) in [5.74, 6) is -0.529. The molecule has 0 saturated carbocycles. The maximum atomic E-state index is 13.0. The second-order valence-electron chi connectivity index (χ2n) is 6.10. The second kappa shape index (κ2) is 7.12. The molecule has 0 unspecified atom stereocenters. The molecule has 2 aromatic heterocycles. The Balaban J connectivity index is 1.51. The third kappa shape index (κ3) is 3.66. The van der Waals surface area contributed by atoms with E-state index in [-0.39, 0.29) is 11.4 Å². The molecule has 0 aliphatic heterocycles. The van der Waals surface area contributed by atoms with Gasteiger partial charge in [-0.1, -0.05) is 23.9 Å². The zero-order chi connectivity index (χ0) is 19.0. The normalized spacial score (nSPS) is 13.7. The van der Waals surface area contributed by atoms with Gasteiger partial charge in [-0.25, -0.2) is 9.97 Å². The number of hydrogen-bond donors (Lipinski definition) is 1. The highest BCUT2D eigenvalue weighted by Gasteiger charge is 2.33. The summed E-state index contributed by atoms with van der Waals surface area (Å²) in [5, 5.41) is 4.06. The number of carbonyl (C=O) groups is 1. The van der Waals surface area contributed by atoms with Crippen LogP contribution in [0.25, 0.3) is 10.2 Å². The zero-order valence-electron chi connectivity index (χ0n) is 14.0. The number of anilines is 1. The summed E-state index contributed by atoms with van der Waals surface area (Å²) < 4.78 is 39.1. The summed E-state index contributed by atoms with van der Waals surface area (Å²) in [6, 6.07) is 4.95. The minimum absolute atomic E-state index is 0.0249. The molecule has 2 heterocycles. The van der Waals surface area contributed by atoms with E-state index in [1.807, 2.05) is 0 Å². The van der Waals surface area contributed by atoms with Crippen molar-refractivity contribution in [3.05, 3.63) is 46.6 Å². The Bertz CT molecular complexity index is 1020. The van der Waals surface area contributed by atoms with Crippen molar-refractivity contribution in [1.82, 2.24) is 9.97 Å². The number of thioether (sulfide) groups is 1. The molecule has 0 bridgehead atoms. The minimum atomic E-state index is -4.52. The van der Waals surface area contributed by atoms with Gasteiger partial charge < -0.3 is 5.32 Å². The Hall–Kier alpha value is -2.13. The van der Waals surface area contributed by atoms with Crippen LogP contribution in [-0.4, -0.2) is 21.6 Å². The summed E-state index contributed by atoms with van der Waals surface area (Å²) in [6.07, 6.45) is 0.0572. The van der Waals surface area contributed by atoms with E-state index in [4.69, 9.17) is 0 Å². The van der Waals surface area contributed by atoms with Crippen LogP contribution in [-0.2, 0) is 23.8 Å². The van der Waals surface area contributed by atoms with Crippen molar-refractivity contribution < 1.29 is 18.0 Å². The molecular formula is C18H14F3N3OS2. The number of para-hydroxylation sites is 1. The first-order chi connectivity index (χ1) is 12.9. The quantitative estimate of drug-likeness (QED) is 0.490. The van der Waals surface area contributed by atoms with Crippen LogP contribution >= 0.6 is 23.1 Å². The molecule has 140 valence electrons. The van der Waals surface area contributed by atoms with Gasteiger partial charge >= 0.3 is 6.18 Å². The molecule has 0 spiro atoms. The maximum Gasteiger partial charge on any atom is 0.418 e. The smallest absolute Gasteiger partial charge is 0.325 e. The summed E-state index contributed by atoms with van der Waals surface area (Å²) in [6.45, 7) is 0. The average molecular weight is 409 g/mol. The highest BCUT2D eigenvalue weighted by molar-refractivity contribution is 8.00.